The quantitative estimate of drug-likeness (QED) is 0.0222. The van der Waals surface area contributed by atoms with Gasteiger partial charge in [-0.1, -0.05) is 357 Å². The number of aliphatic hydroxyl groups excluding tert-OH is 1. The number of ether oxygens (including phenoxy) is 4. The standard InChI is InChI=1S/C80H156O17P2/c1-9-72(7)58-50-42-34-28-24-20-15-13-11-12-14-16-21-25-29-35-44-52-60-77(82)90-67-76(97-80(85)63-55-47-39-38-43-51-59-73(8)10-2)69-95-99(88,89)93-65-74(81)64-92-98(86,87)94-68-75(66-91-78(83)61-53-45-37-31-33-41-49-57-71(5)6)96-79(84)62-54-46-36-30-26-22-18-17-19-23-27-32-40-48-56-70(3)4/h70-76,81H,9-69H2,1-8H3,(H,86,87)(H,88,89)/t72?,73?,74?,75-,76-/m1/s1. The summed E-state index contributed by atoms with van der Waals surface area (Å²) in [7, 11) is -9.92. The predicted molar refractivity (Wildman–Crippen MR) is 404 cm³/mol. The molecule has 588 valence electrons. The Bertz CT molecular complexity index is 1940. The molecule has 0 radical (unpaired) electrons. The van der Waals surface area contributed by atoms with Gasteiger partial charge in [0.15, 0.2) is 12.2 Å². The monoisotopic (exact) mass is 1450 g/mol. The molecule has 3 N–H and O–H groups in total. The fraction of sp³-hybridized carbons (Fsp3) is 0.950. The molecule has 0 aromatic heterocycles. The summed E-state index contributed by atoms with van der Waals surface area (Å²) in [5, 5.41) is 10.6. The second-order valence-corrected chi connectivity index (χ2v) is 33.1. The van der Waals surface area contributed by atoms with E-state index >= 15 is 0 Å². The number of unbranched alkanes of at least 4 members (excludes halogenated alkanes) is 41. The van der Waals surface area contributed by atoms with E-state index in [1.165, 1.54) is 205 Å². The van der Waals surface area contributed by atoms with E-state index in [1.807, 2.05) is 0 Å². The molecule has 0 amide bonds. The normalized spacial score (nSPS) is 14.6. The van der Waals surface area contributed by atoms with Crippen LogP contribution < -0.4 is 0 Å². The molecule has 0 spiro atoms. The molecule has 5 unspecified atom stereocenters. The lowest BCUT2D eigenvalue weighted by Crippen LogP contribution is -2.30. The van der Waals surface area contributed by atoms with E-state index in [4.69, 9.17) is 37.0 Å². The minimum Gasteiger partial charge on any atom is -0.462 e. The molecule has 99 heavy (non-hydrogen) atoms. The van der Waals surface area contributed by atoms with E-state index in [2.05, 4.69) is 55.4 Å². The zero-order valence-corrected chi connectivity index (χ0v) is 66.9. The van der Waals surface area contributed by atoms with Gasteiger partial charge in [-0.15, -0.1) is 0 Å². The Balaban J connectivity index is 5.13. The van der Waals surface area contributed by atoms with Gasteiger partial charge in [-0.05, 0) is 49.4 Å². The maximum atomic E-state index is 13.1. The highest BCUT2D eigenvalue weighted by Gasteiger charge is 2.30. The van der Waals surface area contributed by atoms with Crippen LogP contribution in [0.15, 0.2) is 0 Å². The maximum Gasteiger partial charge on any atom is 0.472 e. The first kappa shape index (κ1) is 97.1. The summed E-state index contributed by atoms with van der Waals surface area (Å²) in [5.41, 5.74) is 0. The summed E-state index contributed by atoms with van der Waals surface area (Å²) >= 11 is 0. The fourth-order valence-electron chi connectivity index (χ4n) is 12.2. The fourth-order valence-corrected chi connectivity index (χ4v) is 13.8. The van der Waals surface area contributed by atoms with Crippen LogP contribution in [0.3, 0.4) is 0 Å². The van der Waals surface area contributed by atoms with Gasteiger partial charge in [-0.3, -0.25) is 37.3 Å². The molecular weight excluding hydrogens is 1290 g/mol. The van der Waals surface area contributed by atoms with Gasteiger partial charge in [0.05, 0.1) is 26.4 Å². The third-order valence-electron chi connectivity index (χ3n) is 19.3. The zero-order chi connectivity index (χ0) is 73.1. The Hall–Kier alpha value is -1.94. The summed E-state index contributed by atoms with van der Waals surface area (Å²) < 4.78 is 68.6. The molecule has 0 aromatic carbocycles. The Morgan fingerprint density at radius 2 is 0.485 bits per heavy atom. The van der Waals surface area contributed by atoms with E-state index in [0.29, 0.717) is 31.6 Å². The molecule has 0 aromatic rings. The molecule has 0 saturated heterocycles. The number of rotatable bonds is 77. The van der Waals surface area contributed by atoms with Crippen LogP contribution in [0.1, 0.15) is 409 Å². The molecule has 0 rings (SSSR count). The van der Waals surface area contributed by atoms with Crippen molar-refractivity contribution in [2.45, 2.75) is 427 Å². The summed E-state index contributed by atoms with van der Waals surface area (Å²) in [6.07, 6.45) is 55.8. The highest BCUT2D eigenvalue weighted by molar-refractivity contribution is 7.47. The van der Waals surface area contributed by atoms with Gasteiger partial charge in [0.2, 0.25) is 0 Å². The molecule has 7 atom stereocenters. The van der Waals surface area contributed by atoms with Gasteiger partial charge in [-0.25, -0.2) is 9.13 Å². The van der Waals surface area contributed by atoms with Gasteiger partial charge < -0.3 is 33.8 Å². The molecule has 0 aliphatic rings. The topological polar surface area (TPSA) is 237 Å². The van der Waals surface area contributed by atoms with E-state index in [1.54, 1.807) is 0 Å². The average Bonchev–Trinajstić information content (AvgIpc) is 1.06. The van der Waals surface area contributed by atoms with Crippen molar-refractivity contribution in [3.63, 3.8) is 0 Å². The first-order valence-electron chi connectivity index (χ1n) is 41.3. The van der Waals surface area contributed by atoms with Crippen molar-refractivity contribution >= 4 is 39.5 Å². The lowest BCUT2D eigenvalue weighted by molar-refractivity contribution is -0.161. The van der Waals surface area contributed by atoms with E-state index in [-0.39, 0.29) is 25.7 Å². The second-order valence-electron chi connectivity index (χ2n) is 30.2. The number of phosphoric ester groups is 2. The molecule has 0 bridgehead atoms. The first-order chi connectivity index (χ1) is 47.7. The number of aliphatic hydroxyl groups is 1. The smallest absolute Gasteiger partial charge is 0.462 e. The highest BCUT2D eigenvalue weighted by Crippen LogP contribution is 2.45. The summed E-state index contributed by atoms with van der Waals surface area (Å²) in [6.45, 7) is 14.2. The summed E-state index contributed by atoms with van der Waals surface area (Å²) in [6, 6.07) is 0. The van der Waals surface area contributed by atoms with E-state index in [0.717, 1.165) is 114 Å². The van der Waals surface area contributed by atoms with Crippen LogP contribution in [-0.4, -0.2) is 96.7 Å². The summed E-state index contributed by atoms with van der Waals surface area (Å²) in [5.74, 6) is 0.973. The Morgan fingerprint density at radius 1 is 0.283 bits per heavy atom. The number of carbonyl (C=O) groups is 4. The first-order valence-corrected chi connectivity index (χ1v) is 44.3. The number of hydrogen-bond acceptors (Lipinski definition) is 15. The van der Waals surface area contributed by atoms with Gasteiger partial charge >= 0.3 is 39.5 Å². The molecule has 19 heteroatoms. The van der Waals surface area contributed by atoms with Crippen LogP contribution >= 0.6 is 15.6 Å². The Morgan fingerprint density at radius 3 is 0.717 bits per heavy atom. The van der Waals surface area contributed by atoms with Crippen molar-refractivity contribution in [1.82, 2.24) is 0 Å². The minimum atomic E-state index is -4.96. The maximum absolute atomic E-state index is 13.1. The van der Waals surface area contributed by atoms with Crippen molar-refractivity contribution in [3.05, 3.63) is 0 Å². The number of hydrogen-bond donors (Lipinski definition) is 3. The van der Waals surface area contributed by atoms with Crippen molar-refractivity contribution in [2.75, 3.05) is 39.6 Å². The van der Waals surface area contributed by atoms with Gasteiger partial charge in [0.1, 0.15) is 19.3 Å². The molecule has 0 fully saturated rings. The lowest BCUT2D eigenvalue weighted by Gasteiger charge is -2.21. The molecular formula is C80H156O17P2. The highest BCUT2D eigenvalue weighted by atomic mass is 31.2. The largest absolute Gasteiger partial charge is 0.472 e. The third-order valence-corrected chi connectivity index (χ3v) is 21.2. The Labute approximate surface area is 607 Å². The van der Waals surface area contributed by atoms with Crippen LogP contribution in [-0.2, 0) is 65.4 Å². The van der Waals surface area contributed by atoms with E-state index in [9.17, 15) is 43.2 Å². The van der Waals surface area contributed by atoms with Gasteiger partial charge in [0, 0.05) is 25.7 Å². The third kappa shape index (κ3) is 71.5. The lowest BCUT2D eigenvalue weighted by atomic mass is 9.99. The molecule has 0 aliphatic heterocycles. The predicted octanol–water partition coefficient (Wildman–Crippen LogP) is 23.6. The van der Waals surface area contributed by atoms with Crippen LogP contribution in [0.4, 0.5) is 0 Å². The molecule has 0 saturated carbocycles. The number of esters is 4. The van der Waals surface area contributed by atoms with Crippen molar-refractivity contribution in [3.8, 4) is 0 Å². The van der Waals surface area contributed by atoms with Crippen LogP contribution in [0, 0.1) is 23.7 Å². The van der Waals surface area contributed by atoms with Crippen LogP contribution in [0.5, 0.6) is 0 Å². The van der Waals surface area contributed by atoms with Gasteiger partial charge in [0.25, 0.3) is 0 Å². The van der Waals surface area contributed by atoms with Crippen LogP contribution in [0.25, 0.3) is 0 Å². The Kier molecular flexibility index (Phi) is 67.8. The van der Waals surface area contributed by atoms with Crippen LogP contribution in [0.2, 0.25) is 0 Å². The van der Waals surface area contributed by atoms with E-state index < -0.39 is 97.5 Å². The molecule has 17 nitrogen and oxygen atoms in total. The summed E-state index contributed by atoms with van der Waals surface area (Å²) in [4.78, 5) is 72.9. The average molecular weight is 1450 g/mol. The molecule has 0 aliphatic carbocycles. The van der Waals surface area contributed by atoms with Crippen molar-refractivity contribution in [2.24, 2.45) is 23.7 Å². The number of phosphoric acid groups is 2. The molecule has 0 heterocycles. The van der Waals surface area contributed by atoms with Crippen molar-refractivity contribution in [1.29, 1.82) is 0 Å². The zero-order valence-electron chi connectivity index (χ0n) is 65.1. The number of carbonyl (C=O) groups excluding carboxylic acids is 4. The SMILES string of the molecule is CCC(C)CCCCCCCCCCCCCCCCCCCCC(=O)OC[C@H](COP(=O)(O)OCC(O)COP(=O)(O)OC[C@@H](COC(=O)CCCCCCCCCC(C)C)OC(=O)CCCCCCCCCCCCCCCCC(C)C)OC(=O)CCCCCCCCC(C)CC. The van der Waals surface area contributed by atoms with Gasteiger partial charge in [-0.2, -0.15) is 0 Å². The second kappa shape index (κ2) is 69.1. The minimum absolute atomic E-state index is 0.103. The van der Waals surface area contributed by atoms with Crippen molar-refractivity contribution < 1.29 is 80.2 Å².